The summed E-state index contributed by atoms with van der Waals surface area (Å²) in [7, 11) is 0. The molecule has 1 unspecified atom stereocenters. The molecule has 4 rings (SSSR count). The van der Waals surface area contributed by atoms with E-state index in [1.165, 1.54) is 0 Å². The van der Waals surface area contributed by atoms with E-state index >= 15 is 0 Å². The first-order chi connectivity index (χ1) is 13.3. The van der Waals surface area contributed by atoms with Crippen molar-refractivity contribution in [2.75, 3.05) is 18.0 Å². The van der Waals surface area contributed by atoms with E-state index in [0.29, 0.717) is 11.7 Å². The van der Waals surface area contributed by atoms with Gasteiger partial charge in [0.2, 0.25) is 0 Å². The molecule has 3 aromatic rings. The molecule has 140 valence electrons. The third kappa shape index (κ3) is 3.67. The van der Waals surface area contributed by atoms with E-state index in [-0.39, 0.29) is 0 Å². The second kappa shape index (κ2) is 7.82. The third-order valence-electron chi connectivity index (χ3n) is 5.12. The Labute approximate surface area is 159 Å². The highest BCUT2D eigenvalue weighted by molar-refractivity contribution is 5.54. The van der Waals surface area contributed by atoms with E-state index in [2.05, 4.69) is 49.5 Å². The maximum absolute atomic E-state index is 4.84. The van der Waals surface area contributed by atoms with Gasteiger partial charge in [-0.15, -0.1) is 10.2 Å². The molecule has 0 N–H and O–H groups in total. The molecule has 3 aromatic heterocycles. The molecule has 0 bridgehead atoms. The van der Waals surface area contributed by atoms with Crippen LogP contribution in [-0.4, -0.2) is 42.8 Å². The van der Waals surface area contributed by atoms with Gasteiger partial charge in [0.05, 0.1) is 0 Å². The van der Waals surface area contributed by atoms with E-state index in [1.807, 2.05) is 24.5 Å². The highest BCUT2D eigenvalue weighted by Gasteiger charge is 2.26. The zero-order valence-corrected chi connectivity index (χ0v) is 15.9. The molecule has 1 saturated heterocycles. The predicted octanol–water partition coefficient (Wildman–Crippen LogP) is 3.10. The largest absolute Gasteiger partial charge is 0.356 e. The first-order valence-corrected chi connectivity index (χ1v) is 9.70. The standard InChI is InChI=1S/C20H25N7/c1-3-16-12-18(24-19(23-16)17-9-5-6-10-21-17)27-11-7-8-15(13-27)20-25-22-14-26(20)4-2/h5-6,9-10,12,14-15H,3-4,7-8,11,13H2,1-2H3. The Bertz CT molecular complexity index is 890. The molecule has 1 aliphatic rings. The number of rotatable bonds is 5. The normalized spacial score (nSPS) is 17.3. The lowest BCUT2D eigenvalue weighted by atomic mass is 9.97. The van der Waals surface area contributed by atoms with E-state index in [4.69, 9.17) is 4.98 Å². The number of hydrogen-bond acceptors (Lipinski definition) is 6. The Kier molecular flexibility index (Phi) is 5.09. The van der Waals surface area contributed by atoms with Crippen LogP contribution in [0.1, 0.15) is 44.1 Å². The second-order valence-corrected chi connectivity index (χ2v) is 6.87. The summed E-state index contributed by atoms with van der Waals surface area (Å²) in [6.07, 6.45) is 6.73. The van der Waals surface area contributed by atoms with Crippen molar-refractivity contribution in [3.05, 3.63) is 48.3 Å². The molecule has 7 nitrogen and oxygen atoms in total. The van der Waals surface area contributed by atoms with Gasteiger partial charge in [0, 0.05) is 43.5 Å². The average molecular weight is 363 g/mol. The van der Waals surface area contributed by atoms with Crippen molar-refractivity contribution in [1.29, 1.82) is 0 Å². The molecule has 7 heteroatoms. The number of hydrogen-bond donors (Lipinski definition) is 0. The lowest BCUT2D eigenvalue weighted by Crippen LogP contribution is -2.36. The van der Waals surface area contributed by atoms with Gasteiger partial charge in [0.25, 0.3) is 0 Å². The summed E-state index contributed by atoms with van der Waals surface area (Å²) in [5.74, 6) is 3.13. The monoisotopic (exact) mass is 363 g/mol. The second-order valence-electron chi connectivity index (χ2n) is 6.87. The molecule has 0 aliphatic carbocycles. The van der Waals surface area contributed by atoms with Gasteiger partial charge in [-0.25, -0.2) is 9.97 Å². The maximum Gasteiger partial charge on any atom is 0.180 e. The first kappa shape index (κ1) is 17.6. The van der Waals surface area contributed by atoms with E-state index in [1.54, 1.807) is 6.20 Å². The van der Waals surface area contributed by atoms with Crippen LogP contribution < -0.4 is 4.90 Å². The predicted molar refractivity (Wildman–Crippen MR) is 105 cm³/mol. The van der Waals surface area contributed by atoms with Gasteiger partial charge in [-0.05, 0) is 38.3 Å². The molecular weight excluding hydrogens is 338 g/mol. The van der Waals surface area contributed by atoms with Crippen LogP contribution in [0.2, 0.25) is 0 Å². The molecule has 1 aliphatic heterocycles. The highest BCUT2D eigenvalue weighted by atomic mass is 15.3. The molecule has 0 amide bonds. The molecule has 1 atom stereocenters. The van der Waals surface area contributed by atoms with Crippen LogP contribution in [0.5, 0.6) is 0 Å². The summed E-state index contributed by atoms with van der Waals surface area (Å²) in [6, 6.07) is 7.95. The first-order valence-electron chi connectivity index (χ1n) is 9.70. The van der Waals surface area contributed by atoms with Gasteiger partial charge in [-0.1, -0.05) is 13.0 Å². The van der Waals surface area contributed by atoms with Crippen molar-refractivity contribution < 1.29 is 0 Å². The van der Waals surface area contributed by atoms with Gasteiger partial charge >= 0.3 is 0 Å². The van der Waals surface area contributed by atoms with Crippen LogP contribution >= 0.6 is 0 Å². The summed E-state index contributed by atoms with van der Waals surface area (Å²) in [5, 5.41) is 8.49. The molecule has 27 heavy (non-hydrogen) atoms. The van der Waals surface area contributed by atoms with Crippen molar-refractivity contribution in [3.63, 3.8) is 0 Å². The van der Waals surface area contributed by atoms with Crippen LogP contribution in [0.25, 0.3) is 11.5 Å². The number of piperidine rings is 1. The van der Waals surface area contributed by atoms with E-state index in [9.17, 15) is 0 Å². The molecule has 4 heterocycles. The van der Waals surface area contributed by atoms with Gasteiger partial charge in [-0.3, -0.25) is 4.98 Å². The van der Waals surface area contributed by atoms with Crippen molar-refractivity contribution in [3.8, 4) is 11.5 Å². The van der Waals surface area contributed by atoms with E-state index in [0.717, 1.165) is 61.9 Å². The Morgan fingerprint density at radius 2 is 2.11 bits per heavy atom. The quantitative estimate of drug-likeness (QED) is 0.694. The zero-order chi connectivity index (χ0) is 18.6. The smallest absolute Gasteiger partial charge is 0.180 e. The fraction of sp³-hybridized carbons (Fsp3) is 0.450. The summed E-state index contributed by atoms with van der Waals surface area (Å²) < 4.78 is 2.14. The van der Waals surface area contributed by atoms with Crippen LogP contribution in [0, 0.1) is 0 Å². The number of aryl methyl sites for hydroxylation is 2. The summed E-state index contributed by atoms with van der Waals surface area (Å²) >= 11 is 0. The molecule has 0 spiro atoms. The van der Waals surface area contributed by atoms with Gasteiger partial charge in [0.15, 0.2) is 5.82 Å². The Morgan fingerprint density at radius 3 is 2.89 bits per heavy atom. The Morgan fingerprint density at radius 1 is 1.19 bits per heavy atom. The van der Waals surface area contributed by atoms with Crippen molar-refractivity contribution in [1.82, 2.24) is 29.7 Å². The number of nitrogens with zero attached hydrogens (tertiary/aromatic N) is 7. The summed E-state index contributed by atoms with van der Waals surface area (Å²) in [5.41, 5.74) is 1.85. The van der Waals surface area contributed by atoms with Crippen LogP contribution in [0.15, 0.2) is 36.8 Å². The lowest BCUT2D eigenvalue weighted by Gasteiger charge is -2.33. The van der Waals surface area contributed by atoms with Crippen LogP contribution in [0.3, 0.4) is 0 Å². The molecule has 0 saturated carbocycles. The van der Waals surface area contributed by atoms with Gasteiger partial charge < -0.3 is 9.47 Å². The third-order valence-corrected chi connectivity index (χ3v) is 5.12. The van der Waals surface area contributed by atoms with Crippen molar-refractivity contribution >= 4 is 5.82 Å². The minimum atomic E-state index is 0.375. The highest BCUT2D eigenvalue weighted by Crippen LogP contribution is 2.29. The topological polar surface area (TPSA) is 72.6 Å². The fourth-order valence-electron chi connectivity index (χ4n) is 3.66. The Balaban J connectivity index is 1.64. The molecule has 0 aromatic carbocycles. The Hall–Kier alpha value is -2.83. The fourth-order valence-corrected chi connectivity index (χ4v) is 3.66. The maximum atomic E-state index is 4.84. The average Bonchev–Trinajstić information content (AvgIpc) is 3.23. The van der Waals surface area contributed by atoms with Gasteiger partial charge in [-0.2, -0.15) is 0 Å². The number of pyridine rings is 1. The SMILES string of the molecule is CCc1cc(N2CCCC(c3nncn3CC)C2)nc(-c2ccccn2)n1. The van der Waals surface area contributed by atoms with Crippen LogP contribution in [-0.2, 0) is 13.0 Å². The summed E-state index contributed by atoms with van der Waals surface area (Å²) in [4.78, 5) is 16.3. The minimum absolute atomic E-state index is 0.375. The zero-order valence-electron chi connectivity index (χ0n) is 15.9. The number of anilines is 1. The van der Waals surface area contributed by atoms with Gasteiger partial charge in [0.1, 0.15) is 23.7 Å². The molecule has 1 fully saturated rings. The lowest BCUT2D eigenvalue weighted by molar-refractivity contribution is 0.471. The van der Waals surface area contributed by atoms with Crippen molar-refractivity contribution in [2.45, 2.75) is 45.6 Å². The van der Waals surface area contributed by atoms with Crippen molar-refractivity contribution in [2.24, 2.45) is 0 Å². The summed E-state index contributed by atoms with van der Waals surface area (Å²) in [6.45, 7) is 7.05. The molecular formula is C20H25N7. The minimum Gasteiger partial charge on any atom is -0.356 e. The van der Waals surface area contributed by atoms with E-state index < -0.39 is 0 Å². The molecule has 0 radical (unpaired) electrons. The number of aromatic nitrogens is 6. The van der Waals surface area contributed by atoms with Crippen LogP contribution in [0.4, 0.5) is 5.82 Å².